The van der Waals surface area contributed by atoms with Crippen LogP contribution in [0.3, 0.4) is 0 Å². The highest BCUT2D eigenvalue weighted by Gasteiger charge is 2.48. The number of benzene rings is 1. The number of rotatable bonds is 5. The Morgan fingerprint density at radius 1 is 1.07 bits per heavy atom. The lowest BCUT2D eigenvalue weighted by Crippen LogP contribution is -2.49. The summed E-state index contributed by atoms with van der Waals surface area (Å²) >= 11 is 0. The molecule has 0 spiro atoms. The molecule has 2 aliphatic rings. The van der Waals surface area contributed by atoms with Crippen LogP contribution in [0.4, 0.5) is 0 Å². The Labute approximate surface area is 159 Å². The second kappa shape index (κ2) is 6.83. The fourth-order valence-electron chi connectivity index (χ4n) is 4.45. The van der Waals surface area contributed by atoms with Crippen molar-refractivity contribution in [2.45, 2.75) is 62.6 Å². The first kappa shape index (κ1) is 18.3. The SMILES string of the molecule is COc1ccc(O[C@H]2C[C@H]3CC[C@@H](C2)N3S(=O)(=O)c2c(C)n[nH]c2C)cc1. The first-order chi connectivity index (χ1) is 12.9. The van der Waals surface area contributed by atoms with Crippen LogP contribution in [0.2, 0.25) is 0 Å². The Hall–Kier alpha value is -2.06. The third-order valence-electron chi connectivity index (χ3n) is 5.58. The Morgan fingerprint density at radius 3 is 2.19 bits per heavy atom. The summed E-state index contributed by atoms with van der Waals surface area (Å²) in [5, 5.41) is 6.86. The Bertz CT molecular complexity index is 889. The van der Waals surface area contributed by atoms with Crippen molar-refractivity contribution in [2.24, 2.45) is 0 Å². The Balaban J connectivity index is 1.52. The van der Waals surface area contributed by atoms with Crippen LogP contribution in [-0.2, 0) is 10.0 Å². The number of methoxy groups -OCH3 is 1. The van der Waals surface area contributed by atoms with Crippen molar-refractivity contribution in [1.82, 2.24) is 14.5 Å². The van der Waals surface area contributed by atoms with Crippen LogP contribution >= 0.6 is 0 Å². The van der Waals surface area contributed by atoms with Crippen LogP contribution in [0.1, 0.15) is 37.1 Å². The minimum Gasteiger partial charge on any atom is -0.497 e. The van der Waals surface area contributed by atoms with Gasteiger partial charge in [0.25, 0.3) is 0 Å². The van der Waals surface area contributed by atoms with E-state index in [1.54, 1.807) is 25.3 Å². The number of fused-ring (bicyclic) bond motifs is 2. The highest BCUT2D eigenvalue weighted by Crippen LogP contribution is 2.41. The normalized spacial score (nSPS) is 25.5. The lowest BCUT2D eigenvalue weighted by molar-refractivity contribution is 0.0956. The van der Waals surface area contributed by atoms with Crippen LogP contribution in [0, 0.1) is 13.8 Å². The van der Waals surface area contributed by atoms with Gasteiger partial charge in [0.05, 0.1) is 18.5 Å². The summed E-state index contributed by atoms with van der Waals surface area (Å²) in [5.41, 5.74) is 1.13. The first-order valence-corrected chi connectivity index (χ1v) is 10.7. The number of piperidine rings is 1. The zero-order valence-corrected chi connectivity index (χ0v) is 16.6. The molecule has 8 heteroatoms. The van der Waals surface area contributed by atoms with E-state index in [1.165, 1.54) is 0 Å². The smallest absolute Gasteiger partial charge is 0.247 e. The number of hydrogen-bond acceptors (Lipinski definition) is 5. The number of hydrogen-bond donors (Lipinski definition) is 1. The number of aryl methyl sites for hydroxylation is 2. The maximum absolute atomic E-state index is 13.3. The standard InChI is InChI=1S/C19H25N3O4S/c1-12-19(13(2)21-20-12)27(23,24)22-14-4-5-15(22)11-18(10-14)26-17-8-6-16(25-3)7-9-17/h6-9,14-15,18H,4-5,10-11H2,1-3H3,(H,20,21)/t14-,15+,18+. The van der Waals surface area contributed by atoms with Gasteiger partial charge in [-0.25, -0.2) is 8.42 Å². The number of ether oxygens (including phenoxy) is 2. The van der Waals surface area contributed by atoms with Gasteiger partial charge in [0.15, 0.2) is 0 Å². The molecule has 2 aromatic rings. The molecule has 1 aromatic heterocycles. The van der Waals surface area contributed by atoms with Crippen LogP contribution in [-0.4, -0.2) is 48.2 Å². The number of nitrogens with zero attached hydrogens (tertiary/aromatic N) is 2. The number of H-pyrrole nitrogens is 1. The summed E-state index contributed by atoms with van der Waals surface area (Å²) in [5.74, 6) is 1.58. The average molecular weight is 391 g/mol. The van der Waals surface area contributed by atoms with E-state index in [4.69, 9.17) is 9.47 Å². The van der Waals surface area contributed by atoms with Gasteiger partial charge in [0.1, 0.15) is 22.5 Å². The molecule has 2 fully saturated rings. The molecule has 2 aliphatic heterocycles. The molecule has 0 unspecified atom stereocenters. The Kier molecular flexibility index (Phi) is 4.63. The second-order valence-electron chi connectivity index (χ2n) is 7.37. The van der Waals surface area contributed by atoms with Crippen LogP contribution in [0.5, 0.6) is 11.5 Å². The molecule has 1 N–H and O–H groups in total. The molecule has 146 valence electrons. The van der Waals surface area contributed by atoms with E-state index >= 15 is 0 Å². The molecular formula is C19H25N3O4S. The molecule has 27 heavy (non-hydrogen) atoms. The number of aromatic amines is 1. The highest BCUT2D eigenvalue weighted by molar-refractivity contribution is 7.89. The van der Waals surface area contributed by atoms with E-state index in [0.29, 0.717) is 29.1 Å². The van der Waals surface area contributed by atoms with Gasteiger partial charge in [-0.2, -0.15) is 9.40 Å². The molecule has 0 saturated carbocycles. The van der Waals surface area contributed by atoms with Crippen molar-refractivity contribution in [3.05, 3.63) is 35.7 Å². The summed E-state index contributed by atoms with van der Waals surface area (Å²) in [6.45, 7) is 3.49. The molecule has 2 saturated heterocycles. The fraction of sp³-hybridized carbons (Fsp3) is 0.526. The molecule has 0 amide bonds. The quantitative estimate of drug-likeness (QED) is 0.847. The fourth-order valence-corrected chi connectivity index (χ4v) is 6.68. The second-order valence-corrected chi connectivity index (χ2v) is 9.15. The van der Waals surface area contributed by atoms with E-state index < -0.39 is 10.0 Å². The van der Waals surface area contributed by atoms with Crippen molar-refractivity contribution in [2.75, 3.05) is 7.11 Å². The minimum absolute atomic E-state index is 0.0221. The molecule has 7 nitrogen and oxygen atoms in total. The third kappa shape index (κ3) is 3.21. The lowest BCUT2D eigenvalue weighted by atomic mass is 10.0. The monoisotopic (exact) mass is 391 g/mol. The summed E-state index contributed by atoms with van der Waals surface area (Å²) in [7, 11) is -1.92. The Morgan fingerprint density at radius 2 is 1.67 bits per heavy atom. The van der Waals surface area contributed by atoms with Gasteiger partial charge in [0.2, 0.25) is 10.0 Å². The van der Waals surface area contributed by atoms with Crippen molar-refractivity contribution < 1.29 is 17.9 Å². The van der Waals surface area contributed by atoms with E-state index in [-0.39, 0.29) is 18.2 Å². The van der Waals surface area contributed by atoms with Gasteiger partial charge in [-0.1, -0.05) is 0 Å². The summed E-state index contributed by atoms with van der Waals surface area (Å²) in [4.78, 5) is 0.328. The number of aromatic nitrogens is 2. The maximum Gasteiger partial charge on any atom is 0.247 e. The van der Waals surface area contributed by atoms with E-state index in [0.717, 1.165) is 24.3 Å². The van der Waals surface area contributed by atoms with Gasteiger partial charge in [-0.3, -0.25) is 5.10 Å². The maximum atomic E-state index is 13.3. The van der Waals surface area contributed by atoms with E-state index in [1.807, 2.05) is 24.3 Å². The van der Waals surface area contributed by atoms with Crippen molar-refractivity contribution in [3.63, 3.8) is 0 Å². The zero-order chi connectivity index (χ0) is 19.2. The first-order valence-electron chi connectivity index (χ1n) is 9.26. The number of sulfonamides is 1. The van der Waals surface area contributed by atoms with Crippen LogP contribution in [0.15, 0.2) is 29.2 Å². The van der Waals surface area contributed by atoms with Crippen molar-refractivity contribution >= 4 is 10.0 Å². The average Bonchev–Trinajstić information content (AvgIpc) is 3.13. The van der Waals surface area contributed by atoms with Crippen molar-refractivity contribution in [1.29, 1.82) is 0 Å². The molecule has 1 aromatic carbocycles. The molecule has 3 heterocycles. The predicted octanol–water partition coefficient (Wildman–Crippen LogP) is 2.80. The van der Waals surface area contributed by atoms with Gasteiger partial charge >= 0.3 is 0 Å². The van der Waals surface area contributed by atoms with Gasteiger partial charge in [0, 0.05) is 24.9 Å². The van der Waals surface area contributed by atoms with Crippen LogP contribution in [0.25, 0.3) is 0 Å². The largest absolute Gasteiger partial charge is 0.497 e. The van der Waals surface area contributed by atoms with Crippen LogP contribution < -0.4 is 9.47 Å². The topological polar surface area (TPSA) is 84.5 Å². The highest BCUT2D eigenvalue weighted by atomic mass is 32.2. The number of nitrogens with one attached hydrogen (secondary N) is 1. The summed E-state index contributed by atoms with van der Waals surface area (Å²) < 4.78 is 39.6. The van der Waals surface area contributed by atoms with E-state index in [9.17, 15) is 8.42 Å². The summed E-state index contributed by atoms with van der Waals surface area (Å²) in [6.07, 6.45) is 3.19. The van der Waals surface area contributed by atoms with Gasteiger partial charge in [-0.05, 0) is 51.0 Å². The minimum atomic E-state index is -3.55. The van der Waals surface area contributed by atoms with E-state index in [2.05, 4.69) is 10.2 Å². The van der Waals surface area contributed by atoms with Gasteiger partial charge in [-0.15, -0.1) is 0 Å². The van der Waals surface area contributed by atoms with Gasteiger partial charge < -0.3 is 9.47 Å². The third-order valence-corrected chi connectivity index (χ3v) is 7.85. The molecular weight excluding hydrogens is 366 g/mol. The molecule has 2 bridgehead atoms. The molecule has 0 radical (unpaired) electrons. The zero-order valence-electron chi connectivity index (χ0n) is 15.8. The summed E-state index contributed by atoms with van der Waals surface area (Å²) in [6, 6.07) is 7.47. The molecule has 0 aliphatic carbocycles. The predicted molar refractivity (Wildman–Crippen MR) is 101 cm³/mol. The lowest BCUT2D eigenvalue weighted by Gasteiger charge is -2.37. The molecule has 3 atom stereocenters. The van der Waals surface area contributed by atoms with Crippen molar-refractivity contribution in [3.8, 4) is 11.5 Å². The molecule has 4 rings (SSSR count).